The molecule has 4 aliphatic rings. The number of fused-ring (bicyclic) bond motifs is 2. The van der Waals surface area contributed by atoms with Gasteiger partial charge in [0.05, 0.1) is 11.0 Å². The smallest absolute Gasteiger partial charge is 0.313 e. The first kappa shape index (κ1) is 22.7. The SMILES string of the molecule is CSc1ncccc1C(=O)N1CCC2(CC1)CCN(C(=O)[C@@]13CC[C@@](C)(C(=O)O1)C3(C)C)C2. The average Bonchev–Trinajstić information content (AvgIpc) is 3.36. The lowest BCUT2D eigenvalue weighted by atomic mass is 9.66. The minimum Gasteiger partial charge on any atom is -0.448 e. The number of rotatable bonds is 3. The lowest BCUT2D eigenvalue weighted by Crippen LogP contribution is -2.55. The minimum absolute atomic E-state index is 0.0163. The molecule has 1 spiro atoms. The molecule has 5 rings (SSSR count). The Morgan fingerprint density at radius 1 is 1.03 bits per heavy atom. The quantitative estimate of drug-likeness (QED) is 0.497. The van der Waals surface area contributed by atoms with E-state index in [1.807, 2.05) is 49.0 Å². The Hall–Kier alpha value is -2.09. The maximum Gasteiger partial charge on any atom is 0.313 e. The highest BCUT2D eigenvalue weighted by Crippen LogP contribution is 2.66. The summed E-state index contributed by atoms with van der Waals surface area (Å²) in [6, 6.07) is 3.66. The van der Waals surface area contributed by atoms with Crippen molar-refractivity contribution in [2.75, 3.05) is 32.4 Å². The van der Waals surface area contributed by atoms with Crippen LogP contribution in [0.5, 0.6) is 0 Å². The number of hydrogen-bond donors (Lipinski definition) is 0. The fourth-order valence-electron chi connectivity index (χ4n) is 6.56. The Morgan fingerprint density at radius 3 is 2.27 bits per heavy atom. The molecule has 8 heteroatoms. The summed E-state index contributed by atoms with van der Waals surface area (Å²) in [7, 11) is 0. The van der Waals surface area contributed by atoms with E-state index in [-0.39, 0.29) is 23.2 Å². The van der Waals surface area contributed by atoms with Gasteiger partial charge in [0.2, 0.25) is 0 Å². The van der Waals surface area contributed by atoms with Gasteiger partial charge in [-0.3, -0.25) is 14.4 Å². The van der Waals surface area contributed by atoms with Crippen molar-refractivity contribution in [1.82, 2.24) is 14.8 Å². The second-order valence-corrected chi connectivity index (χ2v) is 11.8. The van der Waals surface area contributed by atoms with Gasteiger partial charge in [-0.15, -0.1) is 11.8 Å². The number of esters is 1. The number of piperidine rings is 1. The highest BCUT2D eigenvalue weighted by molar-refractivity contribution is 7.98. The Kier molecular flexibility index (Phi) is 5.13. The molecule has 1 aromatic rings. The summed E-state index contributed by atoms with van der Waals surface area (Å²) >= 11 is 1.49. The molecule has 3 saturated heterocycles. The second kappa shape index (κ2) is 7.45. The molecule has 0 unspecified atom stereocenters. The van der Waals surface area contributed by atoms with Gasteiger partial charge in [0.15, 0.2) is 5.60 Å². The molecule has 2 atom stereocenters. The third-order valence-electron chi connectivity index (χ3n) is 9.46. The predicted octanol–water partition coefficient (Wildman–Crippen LogP) is 3.38. The van der Waals surface area contributed by atoms with E-state index >= 15 is 0 Å². The van der Waals surface area contributed by atoms with Crippen LogP contribution in [0.3, 0.4) is 0 Å². The fourth-order valence-corrected chi connectivity index (χ4v) is 7.11. The summed E-state index contributed by atoms with van der Waals surface area (Å²) in [6.07, 6.45) is 7.65. The van der Waals surface area contributed by atoms with Crippen molar-refractivity contribution in [3.05, 3.63) is 23.9 Å². The number of thioether (sulfide) groups is 1. The molecule has 3 aliphatic heterocycles. The van der Waals surface area contributed by atoms with Crippen LogP contribution in [0.25, 0.3) is 0 Å². The second-order valence-electron chi connectivity index (χ2n) is 11.0. The number of aromatic nitrogens is 1. The molecule has 4 fully saturated rings. The van der Waals surface area contributed by atoms with Gasteiger partial charge in [-0.05, 0) is 62.8 Å². The molecule has 4 heterocycles. The molecule has 2 bridgehead atoms. The van der Waals surface area contributed by atoms with Gasteiger partial charge in [-0.25, -0.2) is 4.98 Å². The number of carbonyl (C=O) groups excluding carboxylic acids is 3. The molecule has 1 aliphatic carbocycles. The zero-order chi connectivity index (χ0) is 23.6. The van der Waals surface area contributed by atoms with Crippen molar-refractivity contribution in [3.63, 3.8) is 0 Å². The number of nitrogens with zero attached hydrogens (tertiary/aromatic N) is 3. The molecule has 1 saturated carbocycles. The van der Waals surface area contributed by atoms with Gasteiger partial charge in [0, 0.05) is 37.8 Å². The van der Waals surface area contributed by atoms with E-state index in [1.54, 1.807) is 6.20 Å². The molecule has 178 valence electrons. The van der Waals surface area contributed by atoms with Gasteiger partial charge in [-0.2, -0.15) is 0 Å². The zero-order valence-electron chi connectivity index (χ0n) is 20.0. The van der Waals surface area contributed by atoms with E-state index in [1.165, 1.54) is 11.8 Å². The Bertz CT molecular complexity index is 1020. The van der Waals surface area contributed by atoms with Crippen molar-refractivity contribution in [1.29, 1.82) is 0 Å². The lowest BCUT2D eigenvalue weighted by Gasteiger charge is -2.41. The van der Waals surface area contributed by atoms with Gasteiger partial charge in [0.25, 0.3) is 11.8 Å². The molecule has 2 amide bonds. The van der Waals surface area contributed by atoms with E-state index in [0.29, 0.717) is 44.6 Å². The summed E-state index contributed by atoms with van der Waals surface area (Å²) in [5, 5.41) is 0.761. The molecule has 7 nitrogen and oxygen atoms in total. The van der Waals surface area contributed by atoms with Crippen molar-refractivity contribution in [2.45, 2.75) is 63.5 Å². The number of ether oxygens (including phenoxy) is 1. The van der Waals surface area contributed by atoms with E-state index in [9.17, 15) is 14.4 Å². The number of amides is 2. The summed E-state index contributed by atoms with van der Waals surface area (Å²) in [5.74, 6) is -0.206. The average molecular weight is 472 g/mol. The number of carbonyl (C=O) groups is 3. The van der Waals surface area contributed by atoms with Gasteiger partial charge < -0.3 is 14.5 Å². The van der Waals surface area contributed by atoms with E-state index < -0.39 is 16.4 Å². The minimum atomic E-state index is -1.03. The van der Waals surface area contributed by atoms with E-state index in [2.05, 4.69) is 4.98 Å². The highest BCUT2D eigenvalue weighted by atomic mass is 32.2. The Labute approximate surface area is 199 Å². The van der Waals surface area contributed by atoms with Crippen LogP contribution in [-0.4, -0.2) is 70.6 Å². The molecular formula is C25H33N3O4S. The molecule has 0 N–H and O–H groups in total. The van der Waals surface area contributed by atoms with Crippen molar-refractivity contribution >= 4 is 29.5 Å². The summed E-state index contributed by atoms with van der Waals surface area (Å²) < 4.78 is 5.84. The maximum atomic E-state index is 13.8. The first-order valence-electron chi connectivity index (χ1n) is 11.9. The molecule has 0 radical (unpaired) electrons. The summed E-state index contributed by atoms with van der Waals surface area (Å²) in [4.78, 5) is 47.7. The summed E-state index contributed by atoms with van der Waals surface area (Å²) in [6.45, 7) is 8.72. The van der Waals surface area contributed by atoms with Crippen LogP contribution in [-0.2, 0) is 14.3 Å². The van der Waals surface area contributed by atoms with Gasteiger partial charge >= 0.3 is 5.97 Å². The number of likely N-dealkylation sites (tertiary alicyclic amines) is 2. The van der Waals surface area contributed by atoms with Crippen LogP contribution in [0.4, 0.5) is 0 Å². The lowest BCUT2D eigenvalue weighted by molar-refractivity contribution is -0.173. The van der Waals surface area contributed by atoms with Crippen LogP contribution in [0, 0.1) is 16.2 Å². The largest absolute Gasteiger partial charge is 0.448 e. The molecule has 33 heavy (non-hydrogen) atoms. The van der Waals surface area contributed by atoms with Crippen molar-refractivity contribution in [2.24, 2.45) is 16.2 Å². The van der Waals surface area contributed by atoms with Gasteiger partial charge in [-0.1, -0.05) is 13.8 Å². The van der Waals surface area contributed by atoms with Crippen LogP contribution in [0.15, 0.2) is 23.4 Å². The van der Waals surface area contributed by atoms with Crippen molar-refractivity contribution < 1.29 is 19.1 Å². The fraction of sp³-hybridized carbons (Fsp3) is 0.680. The first-order valence-corrected chi connectivity index (χ1v) is 13.1. The standard InChI is InChI=1S/C25H33N3O4S/c1-22(2)23(3)7-8-25(22,32-21(23)31)20(30)28-15-11-24(16-28)9-13-27(14-10-24)19(29)17-6-5-12-26-18(17)33-4/h5-6,12H,7-11,13-16H2,1-4H3/t23-,25+/m0/s1. The predicted molar refractivity (Wildman–Crippen MR) is 125 cm³/mol. The third kappa shape index (κ3) is 3.01. The molecular weight excluding hydrogens is 438 g/mol. The number of hydrogen-bond acceptors (Lipinski definition) is 6. The van der Waals surface area contributed by atoms with Crippen LogP contribution >= 0.6 is 11.8 Å². The highest BCUT2D eigenvalue weighted by Gasteiger charge is 2.76. The van der Waals surface area contributed by atoms with Crippen LogP contribution < -0.4 is 0 Å². The van der Waals surface area contributed by atoms with Gasteiger partial charge in [0.1, 0.15) is 5.03 Å². The van der Waals surface area contributed by atoms with Crippen LogP contribution in [0.1, 0.15) is 63.2 Å². The third-order valence-corrected chi connectivity index (χ3v) is 10.2. The van der Waals surface area contributed by atoms with Crippen molar-refractivity contribution in [3.8, 4) is 0 Å². The topological polar surface area (TPSA) is 79.8 Å². The molecule has 1 aromatic heterocycles. The van der Waals surface area contributed by atoms with E-state index in [4.69, 9.17) is 4.74 Å². The first-order chi connectivity index (χ1) is 15.6. The van der Waals surface area contributed by atoms with Crippen LogP contribution in [0.2, 0.25) is 0 Å². The normalized spacial score (nSPS) is 31.8. The summed E-state index contributed by atoms with van der Waals surface area (Å²) in [5.41, 5.74) is -1.44. The Balaban J connectivity index is 1.26. The molecule has 0 aromatic carbocycles. The zero-order valence-corrected chi connectivity index (χ0v) is 20.8. The monoisotopic (exact) mass is 471 g/mol. The number of pyridine rings is 1. The Morgan fingerprint density at radius 2 is 1.70 bits per heavy atom. The maximum absolute atomic E-state index is 13.8. The van der Waals surface area contributed by atoms with E-state index in [0.717, 1.165) is 24.3 Å².